The molecule has 0 spiro atoms. The van der Waals surface area contributed by atoms with Gasteiger partial charge in [-0.15, -0.1) is 0 Å². The minimum Gasteiger partial charge on any atom is -0.329 e. The van der Waals surface area contributed by atoms with Crippen molar-refractivity contribution in [3.8, 4) is 0 Å². The summed E-state index contributed by atoms with van der Waals surface area (Å²) < 4.78 is 0. The van der Waals surface area contributed by atoms with Crippen LogP contribution in [0.1, 0.15) is 104 Å². The average molecular weight is 285 g/mol. The third-order valence-corrected chi connectivity index (χ3v) is 4.46. The lowest BCUT2D eigenvalue weighted by atomic mass is 9.87. The molecule has 0 saturated carbocycles. The van der Waals surface area contributed by atoms with Gasteiger partial charge in [0.1, 0.15) is 0 Å². The number of hydrogen-bond acceptors (Lipinski definition) is 2. The minimum atomic E-state index is -0.0878. The van der Waals surface area contributed by atoms with Crippen molar-refractivity contribution < 1.29 is 0 Å². The summed E-state index contributed by atoms with van der Waals surface area (Å²) in [5.41, 5.74) is 12.3. The fraction of sp³-hybridized carbons (Fsp3) is 1.00. The van der Waals surface area contributed by atoms with Gasteiger partial charge in [0.25, 0.3) is 0 Å². The summed E-state index contributed by atoms with van der Waals surface area (Å²) in [5, 5.41) is 0. The maximum atomic E-state index is 6.45. The van der Waals surface area contributed by atoms with Crippen LogP contribution in [0.15, 0.2) is 0 Å². The highest BCUT2D eigenvalue weighted by Gasteiger charge is 2.21. The van der Waals surface area contributed by atoms with Crippen LogP contribution in [0.4, 0.5) is 0 Å². The molecule has 0 bridgehead atoms. The topological polar surface area (TPSA) is 52.0 Å². The molecule has 0 aliphatic carbocycles. The van der Waals surface area contributed by atoms with Crippen molar-refractivity contribution in [3.05, 3.63) is 0 Å². The Kier molecular flexibility index (Phi) is 13.8. The van der Waals surface area contributed by atoms with Crippen LogP contribution in [0, 0.1) is 0 Å². The van der Waals surface area contributed by atoms with Gasteiger partial charge >= 0.3 is 0 Å². The highest BCUT2D eigenvalue weighted by molar-refractivity contribution is 4.84. The third-order valence-electron chi connectivity index (χ3n) is 4.46. The van der Waals surface area contributed by atoms with E-state index in [9.17, 15) is 0 Å². The van der Waals surface area contributed by atoms with Crippen molar-refractivity contribution in [1.82, 2.24) is 0 Å². The monoisotopic (exact) mass is 284 g/mol. The zero-order chi connectivity index (χ0) is 15.1. The second kappa shape index (κ2) is 13.9. The van der Waals surface area contributed by atoms with E-state index in [0.717, 1.165) is 12.8 Å². The van der Waals surface area contributed by atoms with E-state index in [2.05, 4.69) is 13.8 Å². The molecule has 0 aliphatic heterocycles. The molecule has 0 aromatic carbocycles. The summed E-state index contributed by atoms with van der Waals surface area (Å²) in [7, 11) is 0. The second-order valence-corrected chi connectivity index (χ2v) is 6.60. The Bertz CT molecular complexity index is 176. The maximum Gasteiger partial charge on any atom is 0.0278 e. The van der Waals surface area contributed by atoms with E-state index in [1.807, 2.05) is 0 Å². The van der Waals surface area contributed by atoms with Crippen LogP contribution in [0.5, 0.6) is 0 Å². The fourth-order valence-electron chi connectivity index (χ4n) is 2.84. The molecule has 0 radical (unpaired) electrons. The molecule has 2 heteroatoms. The van der Waals surface area contributed by atoms with E-state index >= 15 is 0 Å². The van der Waals surface area contributed by atoms with Gasteiger partial charge in [-0.1, -0.05) is 90.9 Å². The molecule has 0 heterocycles. The quantitative estimate of drug-likeness (QED) is 0.409. The van der Waals surface area contributed by atoms with Gasteiger partial charge in [-0.2, -0.15) is 0 Å². The van der Waals surface area contributed by atoms with Crippen LogP contribution < -0.4 is 11.5 Å². The molecule has 0 aromatic rings. The molecule has 0 fully saturated rings. The van der Waals surface area contributed by atoms with Gasteiger partial charge in [-0.3, -0.25) is 0 Å². The van der Waals surface area contributed by atoms with Gasteiger partial charge in [0.2, 0.25) is 0 Å². The van der Waals surface area contributed by atoms with Crippen LogP contribution in [0.2, 0.25) is 0 Å². The summed E-state index contributed by atoms with van der Waals surface area (Å²) >= 11 is 0. The number of rotatable bonds is 15. The Morgan fingerprint density at radius 1 is 0.600 bits per heavy atom. The molecule has 122 valence electrons. The second-order valence-electron chi connectivity index (χ2n) is 6.60. The Morgan fingerprint density at radius 3 is 1.30 bits per heavy atom. The first-order valence-corrected chi connectivity index (χ1v) is 9.17. The largest absolute Gasteiger partial charge is 0.329 e. The number of unbranched alkanes of at least 4 members (excludes halogenated alkanes) is 10. The summed E-state index contributed by atoms with van der Waals surface area (Å²) in [6, 6.07) is 0. The summed E-state index contributed by atoms with van der Waals surface area (Å²) in [6.45, 7) is 5.18. The van der Waals surface area contributed by atoms with E-state index < -0.39 is 0 Å². The Labute approximate surface area is 128 Å². The van der Waals surface area contributed by atoms with Gasteiger partial charge in [0, 0.05) is 12.1 Å². The first kappa shape index (κ1) is 19.9. The van der Waals surface area contributed by atoms with E-state index in [-0.39, 0.29) is 5.54 Å². The molecule has 20 heavy (non-hydrogen) atoms. The highest BCUT2D eigenvalue weighted by atomic mass is 14.8. The zero-order valence-corrected chi connectivity index (χ0v) is 14.3. The molecule has 0 aromatic heterocycles. The lowest BCUT2D eigenvalue weighted by Crippen LogP contribution is -2.46. The van der Waals surface area contributed by atoms with Gasteiger partial charge in [-0.05, 0) is 12.8 Å². The number of nitrogens with two attached hydrogens (primary N) is 2. The Hall–Kier alpha value is -0.0800. The molecule has 2 nitrogen and oxygen atoms in total. The van der Waals surface area contributed by atoms with Crippen LogP contribution >= 0.6 is 0 Å². The molecule has 0 amide bonds. The predicted molar refractivity (Wildman–Crippen MR) is 92.0 cm³/mol. The summed E-state index contributed by atoms with van der Waals surface area (Å²) in [6.07, 6.45) is 18.3. The lowest BCUT2D eigenvalue weighted by molar-refractivity contribution is 0.343. The molecular formula is C18H40N2. The van der Waals surface area contributed by atoms with Crippen LogP contribution in [0.3, 0.4) is 0 Å². The van der Waals surface area contributed by atoms with Crippen molar-refractivity contribution in [2.45, 2.75) is 109 Å². The molecule has 0 rings (SSSR count). The predicted octanol–water partition coefficient (Wildman–Crippen LogP) is 5.14. The van der Waals surface area contributed by atoms with Crippen molar-refractivity contribution in [3.63, 3.8) is 0 Å². The van der Waals surface area contributed by atoms with Gasteiger partial charge in [0.15, 0.2) is 0 Å². The van der Waals surface area contributed by atoms with Gasteiger partial charge < -0.3 is 11.5 Å². The number of hydrogen-bond donors (Lipinski definition) is 2. The molecule has 0 aliphatic rings. The zero-order valence-electron chi connectivity index (χ0n) is 14.3. The standard InChI is InChI=1S/C18H40N2/c1-3-5-7-9-11-13-15-18(20,17-19)16-14-12-10-8-6-4-2/h3-17,19-20H2,1-2H3. The molecular weight excluding hydrogens is 244 g/mol. The molecule has 4 N–H and O–H groups in total. The van der Waals surface area contributed by atoms with E-state index in [0.29, 0.717) is 6.54 Å². The van der Waals surface area contributed by atoms with E-state index in [1.54, 1.807) is 0 Å². The van der Waals surface area contributed by atoms with Gasteiger partial charge in [-0.25, -0.2) is 0 Å². The Morgan fingerprint density at radius 2 is 0.950 bits per heavy atom. The molecule has 0 saturated heterocycles. The normalized spacial score (nSPS) is 12.0. The van der Waals surface area contributed by atoms with Crippen molar-refractivity contribution in [1.29, 1.82) is 0 Å². The van der Waals surface area contributed by atoms with Crippen LogP contribution in [-0.2, 0) is 0 Å². The van der Waals surface area contributed by atoms with Gasteiger partial charge in [0.05, 0.1) is 0 Å². The smallest absolute Gasteiger partial charge is 0.0278 e. The van der Waals surface area contributed by atoms with Crippen molar-refractivity contribution in [2.24, 2.45) is 11.5 Å². The van der Waals surface area contributed by atoms with Crippen molar-refractivity contribution >= 4 is 0 Å². The fourth-order valence-corrected chi connectivity index (χ4v) is 2.84. The summed E-state index contributed by atoms with van der Waals surface area (Å²) in [4.78, 5) is 0. The SMILES string of the molecule is CCCCCCCCC(N)(CN)CCCCCCCC. The Balaban J connectivity index is 3.57. The van der Waals surface area contributed by atoms with Crippen LogP contribution in [-0.4, -0.2) is 12.1 Å². The first-order valence-electron chi connectivity index (χ1n) is 9.17. The third kappa shape index (κ3) is 11.7. The maximum absolute atomic E-state index is 6.45. The molecule has 0 unspecified atom stereocenters. The van der Waals surface area contributed by atoms with Crippen LogP contribution in [0.25, 0.3) is 0 Å². The average Bonchev–Trinajstić information content (AvgIpc) is 2.46. The highest BCUT2D eigenvalue weighted by Crippen LogP contribution is 2.20. The minimum absolute atomic E-state index is 0.0878. The lowest BCUT2D eigenvalue weighted by Gasteiger charge is -2.28. The van der Waals surface area contributed by atoms with E-state index in [4.69, 9.17) is 11.5 Å². The summed E-state index contributed by atoms with van der Waals surface area (Å²) in [5.74, 6) is 0. The van der Waals surface area contributed by atoms with E-state index in [1.165, 1.54) is 77.0 Å². The molecule has 0 atom stereocenters. The first-order chi connectivity index (χ1) is 9.68. The van der Waals surface area contributed by atoms with Crippen molar-refractivity contribution in [2.75, 3.05) is 6.54 Å².